The molecular weight excluding hydrogens is 496 g/mol. The van der Waals surface area contributed by atoms with Gasteiger partial charge in [0.05, 0.1) is 5.39 Å². The molecule has 0 spiro atoms. The minimum absolute atomic E-state index is 0.0562. The van der Waals surface area contributed by atoms with Crippen molar-refractivity contribution in [2.75, 3.05) is 0 Å². The van der Waals surface area contributed by atoms with Gasteiger partial charge < -0.3 is 0 Å². The zero-order chi connectivity index (χ0) is 27.7. The van der Waals surface area contributed by atoms with E-state index in [-0.39, 0.29) is 17.0 Å². The summed E-state index contributed by atoms with van der Waals surface area (Å²) in [4.78, 5) is 0. The minimum atomic E-state index is -1.18. The Morgan fingerprint density at radius 2 is 1.44 bits per heavy atom. The number of aryl methyl sites for hydroxylation is 4. The molecule has 39 heavy (non-hydrogen) atoms. The van der Waals surface area contributed by atoms with Gasteiger partial charge in [0, 0.05) is 11.1 Å². The number of fused-ring (bicyclic) bond motifs is 1. The number of benzene rings is 4. The average molecular weight is 533 g/mol. The zero-order valence-corrected chi connectivity index (χ0v) is 23.0. The van der Waals surface area contributed by atoms with Crippen molar-refractivity contribution in [1.82, 2.24) is 0 Å². The average Bonchev–Trinajstić information content (AvgIpc) is 2.93. The number of rotatable bonds is 7. The van der Waals surface area contributed by atoms with Crippen molar-refractivity contribution < 1.29 is 17.6 Å². The van der Waals surface area contributed by atoms with Gasteiger partial charge in [-0.3, -0.25) is 0 Å². The quantitative estimate of drug-likeness (QED) is 0.208. The van der Waals surface area contributed by atoms with Crippen LogP contribution in [0.4, 0.5) is 17.6 Å². The van der Waals surface area contributed by atoms with Crippen molar-refractivity contribution in [2.24, 2.45) is 5.92 Å². The Kier molecular flexibility index (Phi) is 8.11. The van der Waals surface area contributed by atoms with Gasteiger partial charge in [0.15, 0.2) is 11.6 Å². The van der Waals surface area contributed by atoms with Crippen LogP contribution in [0.25, 0.3) is 21.9 Å². The molecule has 1 saturated carbocycles. The summed E-state index contributed by atoms with van der Waals surface area (Å²) in [5, 5.41) is -0.0957. The van der Waals surface area contributed by atoms with E-state index in [1.165, 1.54) is 24.1 Å². The first-order valence-corrected chi connectivity index (χ1v) is 14.2. The molecule has 0 radical (unpaired) electrons. The molecule has 0 unspecified atom stereocenters. The Morgan fingerprint density at radius 3 is 2.13 bits per heavy atom. The molecule has 1 aliphatic rings. The SMILES string of the molecule is CCCC1CCC(c2cc3ccc(-c4cc(C)c(CCc5ccc(C)cc5)cc4F)c(F)c3c(F)c2F)CC1. The lowest BCUT2D eigenvalue weighted by Crippen LogP contribution is -2.15. The Hall–Kier alpha value is -3.14. The van der Waals surface area contributed by atoms with Crippen LogP contribution in [0.3, 0.4) is 0 Å². The lowest BCUT2D eigenvalue weighted by molar-refractivity contribution is 0.303. The van der Waals surface area contributed by atoms with E-state index in [0.29, 0.717) is 23.3 Å². The first-order valence-electron chi connectivity index (χ1n) is 14.2. The zero-order valence-electron chi connectivity index (χ0n) is 23.0. The predicted octanol–water partition coefficient (Wildman–Crippen LogP) is 10.5. The second kappa shape index (κ2) is 11.5. The summed E-state index contributed by atoms with van der Waals surface area (Å²) in [7, 11) is 0. The van der Waals surface area contributed by atoms with Crippen LogP contribution >= 0.6 is 0 Å². The number of hydrogen-bond acceptors (Lipinski definition) is 0. The molecule has 4 aromatic carbocycles. The van der Waals surface area contributed by atoms with E-state index in [0.717, 1.165) is 55.2 Å². The third-order valence-corrected chi connectivity index (χ3v) is 8.65. The van der Waals surface area contributed by atoms with Gasteiger partial charge in [0.2, 0.25) is 0 Å². The standard InChI is InChI=1S/C35H36F4/c1-4-5-23-10-13-25(14-11-23)29-19-27-16-17-28(33(37)32(27)35(39)34(29)38)30-18-22(3)26(20-31(30)36)15-12-24-8-6-21(2)7-9-24/h6-9,16-20,23,25H,4-5,10-15H2,1-3H3. The highest BCUT2D eigenvalue weighted by Gasteiger charge is 2.28. The highest BCUT2D eigenvalue weighted by Crippen LogP contribution is 2.41. The van der Waals surface area contributed by atoms with E-state index in [1.807, 2.05) is 13.8 Å². The smallest absolute Gasteiger partial charge is 0.169 e. The van der Waals surface area contributed by atoms with Crippen LogP contribution in [0.2, 0.25) is 0 Å². The van der Waals surface area contributed by atoms with Gasteiger partial charge >= 0.3 is 0 Å². The van der Waals surface area contributed by atoms with Crippen LogP contribution in [0, 0.1) is 43.0 Å². The monoisotopic (exact) mass is 532 g/mol. The van der Waals surface area contributed by atoms with Gasteiger partial charge in [0.1, 0.15) is 11.6 Å². The topological polar surface area (TPSA) is 0 Å². The van der Waals surface area contributed by atoms with E-state index in [4.69, 9.17) is 0 Å². The molecule has 4 aromatic rings. The second-order valence-electron chi connectivity index (χ2n) is 11.4. The molecule has 5 rings (SSSR count). The summed E-state index contributed by atoms with van der Waals surface area (Å²) in [5.41, 5.74) is 4.36. The van der Waals surface area contributed by atoms with Crippen LogP contribution in [0.15, 0.2) is 54.6 Å². The van der Waals surface area contributed by atoms with Crippen LogP contribution < -0.4 is 0 Å². The van der Waals surface area contributed by atoms with Gasteiger partial charge in [-0.05, 0) is 110 Å². The lowest BCUT2D eigenvalue weighted by Gasteiger charge is -2.29. The van der Waals surface area contributed by atoms with Gasteiger partial charge in [-0.25, -0.2) is 17.6 Å². The van der Waals surface area contributed by atoms with Crippen LogP contribution in [0.1, 0.15) is 79.2 Å². The molecule has 0 atom stereocenters. The normalized spacial score (nSPS) is 17.6. The maximum absolute atomic E-state index is 15.7. The van der Waals surface area contributed by atoms with Crippen molar-refractivity contribution in [2.45, 2.75) is 78.1 Å². The fourth-order valence-corrected chi connectivity index (χ4v) is 6.31. The van der Waals surface area contributed by atoms with Gasteiger partial charge in [-0.2, -0.15) is 0 Å². The molecule has 0 bridgehead atoms. The fourth-order valence-electron chi connectivity index (χ4n) is 6.31. The van der Waals surface area contributed by atoms with E-state index in [2.05, 4.69) is 31.2 Å². The van der Waals surface area contributed by atoms with E-state index < -0.39 is 28.7 Å². The molecular formula is C35H36F4. The summed E-state index contributed by atoms with van der Waals surface area (Å²) in [6.45, 7) is 6.07. The van der Waals surface area contributed by atoms with Crippen molar-refractivity contribution in [1.29, 1.82) is 0 Å². The maximum Gasteiger partial charge on any atom is 0.169 e. The third kappa shape index (κ3) is 5.62. The van der Waals surface area contributed by atoms with Crippen molar-refractivity contribution in [3.05, 3.63) is 106 Å². The Labute approximate surface area is 229 Å². The second-order valence-corrected chi connectivity index (χ2v) is 11.4. The van der Waals surface area contributed by atoms with E-state index in [1.54, 1.807) is 18.2 Å². The van der Waals surface area contributed by atoms with Gasteiger partial charge in [-0.1, -0.05) is 61.7 Å². The van der Waals surface area contributed by atoms with Crippen LogP contribution in [0.5, 0.6) is 0 Å². The highest BCUT2D eigenvalue weighted by atomic mass is 19.2. The minimum Gasteiger partial charge on any atom is -0.206 e. The molecule has 204 valence electrons. The Morgan fingerprint density at radius 1 is 0.718 bits per heavy atom. The van der Waals surface area contributed by atoms with Crippen LogP contribution in [-0.4, -0.2) is 0 Å². The first kappa shape index (κ1) is 27.4. The fraction of sp³-hybridized carbons (Fsp3) is 0.371. The Bertz CT molecular complexity index is 1480. The molecule has 4 heteroatoms. The summed E-state index contributed by atoms with van der Waals surface area (Å²) in [6.07, 6.45) is 7.34. The predicted molar refractivity (Wildman–Crippen MR) is 152 cm³/mol. The molecule has 1 fully saturated rings. The molecule has 0 aromatic heterocycles. The number of hydrogen-bond donors (Lipinski definition) is 0. The molecule has 0 N–H and O–H groups in total. The van der Waals surface area contributed by atoms with Crippen molar-refractivity contribution in [3.8, 4) is 11.1 Å². The molecule has 0 heterocycles. The highest BCUT2D eigenvalue weighted by molar-refractivity contribution is 5.89. The first-order chi connectivity index (χ1) is 18.8. The molecule has 0 amide bonds. The van der Waals surface area contributed by atoms with Gasteiger partial charge in [-0.15, -0.1) is 0 Å². The van der Waals surface area contributed by atoms with Gasteiger partial charge in [0.25, 0.3) is 0 Å². The van der Waals surface area contributed by atoms with E-state index >= 15 is 17.6 Å². The van der Waals surface area contributed by atoms with Crippen molar-refractivity contribution in [3.63, 3.8) is 0 Å². The summed E-state index contributed by atoms with van der Waals surface area (Å²) in [5.74, 6) is -3.06. The van der Waals surface area contributed by atoms with Crippen LogP contribution in [-0.2, 0) is 12.8 Å². The largest absolute Gasteiger partial charge is 0.206 e. The summed E-state index contributed by atoms with van der Waals surface area (Å²) < 4.78 is 61.8. The third-order valence-electron chi connectivity index (χ3n) is 8.65. The maximum atomic E-state index is 15.7. The molecule has 1 aliphatic carbocycles. The summed E-state index contributed by atoms with van der Waals surface area (Å²) in [6, 6.07) is 16.0. The molecule has 0 nitrogen and oxygen atoms in total. The van der Waals surface area contributed by atoms with E-state index in [9.17, 15) is 0 Å². The summed E-state index contributed by atoms with van der Waals surface area (Å²) >= 11 is 0. The van der Waals surface area contributed by atoms with Crippen molar-refractivity contribution >= 4 is 10.8 Å². The number of halogens is 4. The lowest BCUT2D eigenvalue weighted by atomic mass is 9.76. The Balaban J connectivity index is 1.44. The molecule has 0 aliphatic heterocycles. The molecule has 0 saturated heterocycles.